The zero-order chi connectivity index (χ0) is 14.4. The van der Waals surface area contributed by atoms with E-state index in [1.807, 2.05) is 6.92 Å². The van der Waals surface area contributed by atoms with Crippen LogP contribution in [-0.2, 0) is 0 Å². The van der Waals surface area contributed by atoms with Gasteiger partial charge in [0.1, 0.15) is 0 Å². The molecule has 0 bridgehead atoms. The molecule has 1 aliphatic carbocycles. The van der Waals surface area contributed by atoms with E-state index in [0.29, 0.717) is 30.5 Å². The number of ether oxygens (including phenoxy) is 1. The molecule has 1 fully saturated rings. The molecule has 0 atom stereocenters. The Balaban J connectivity index is 2.27. The van der Waals surface area contributed by atoms with Crippen molar-refractivity contribution in [3.8, 4) is 6.01 Å². The van der Waals surface area contributed by atoms with Gasteiger partial charge < -0.3 is 20.1 Å². The predicted octanol–water partition coefficient (Wildman–Crippen LogP) is 1.05. The lowest BCUT2D eigenvalue weighted by atomic mass is 10.2. The van der Waals surface area contributed by atoms with Crippen LogP contribution in [0.2, 0.25) is 0 Å². The lowest BCUT2D eigenvalue weighted by molar-refractivity contribution is 0.295. The molecule has 1 saturated carbocycles. The molecule has 1 aliphatic rings. The quantitative estimate of drug-likeness (QED) is 0.773. The van der Waals surface area contributed by atoms with Gasteiger partial charge in [0, 0.05) is 19.1 Å². The molecule has 0 aromatic carbocycles. The molecule has 0 unspecified atom stereocenters. The van der Waals surface area contributed by atoms with Crippen LogP contribution in [0.1, 0.15) is 32.6 Å². The van der Waals surface area contributed by atoms with E-state index in [4.69, 9.17) is 4.74 Å². The van der Waals surface area contributed by atoms with Crippen LogP contribution in [0, 0.1) is 0 Å². The van der Waals surface area contributed by atoms with Gasteiger partial charge in [0.2, 0.25) is 11.9 Å². The van der Waals surface area contributed by atoms with Crippen LogP contribution in [0.3, 0.4) is 0 Å². The fourth-order valence-electron chi connectivity index (χ4n) is 2.57. The Labute approximate surface area is 119 Å². The molecule has 0 spiro atoms. The number of aromatic nitrogens is 3. The molecule has 7 nitrogen and oxygen atoms in total. The highest BCUT2D eigenvalue weighted by Gasteiger charge is 2.25. The van der Waals surface area contributed by atoms with E-state index in [2.05, 4.69) is 25.2 Å². The summed E-state index contributed by atoms with van der Waals surface area (Å²) >= 11 is 0. The van der Waals surface area contributed by atoms with Crippen molar-refractivity contribution in [3.63, 3.8) is 0 Å². The Morgan fingerprint density at radius 1 is 1.30 bits per heavy atom. The Morgan fingerprint density at radius 3 is 2.65 bits per heavy atom. The normalized spacial score (nSPS) is 15.3. The van der Waals surface area contributed by atoms with Crippen molar-refractivity contribution < 1.29 is 9.84 Å². The Kier molecular flexibility index (Phi) is 5.34. The van der Waals surface area contributed by atoms with Crippen molar-refractivity contribution in [2.45, 2.75) is 38.6 Å². The fraction of sp³-hybridized carbons (Fsp3) is 0.769. The number of methoxy groups -OCH3 is 1. The minimum atomic E-state index is 0.0844. The Morgan fingerprint density at radius 2 is 2.05 bits per heavy atom. The lowest BCUT2D eigenvalue weighted by Gasteiger charge is -2.28. The van der Waals surface area contributed by atoms with Crippen molar-refractivity contribution in [1.82, 2.24) is 15.0 Å². The summed E-state index contributed by atoms with van der Waals surface area (Å²) in [6.07, 6.45) is 4.67. The number of nitrogens with zero attached hydrogens (tertiary/aromatic N) is 4. The third-order valence-corrected chi connectivity index (χ3v) is 3.48. The SMILES string of the molecule is CCNc1nc(OC)nc(N(CCO)C2CCCC2)n1. The second kappa shape index (κ2) is 7.23. The standard InChI is InChI=1S/C13H23N5O2/c1-3-14-11-15-12(17-13(16-11)20-2)18(8-9-19)10-6-4-5-7-10/h10,19H,3-9H2,1-2H3,(H,14,15,16,17). The van der Waals surface area contributed by atoms with E-state index < -0.39 is 0 Å². The minimum Gasteiger partial charge on any atom is -0.467 e. The maximum Gasteiger partial charge on any atom is 0.322 e. The van der Waals surface area contributed by atoms with E-state index >= 15 is 0 Å². The fourth-order valence-corrected chi connectivity index (χ4v) is 2.57. The Hall–Kier alpha value is -1.63. The zero-order valence-electron chi connectivity index (χ0n) is 12.2. The average Bonchev–Trinajstić information content (AvgIpc) is 2.98. The van der Waals surface area contributed by atoms with Crippen LogP contribution in [-0.4, -0.2) is 52.9 Å². The van der Waals surface area contributed by atoms with Crippen molar-refractivity contribution in [3.05, 3.63) is 0 Å². The minimum absolute atomic E-state index is 0.0844. The second-order valence-electron chi connectivity index (χ2n) is 4.83. The molecule has 1 aromatic rings. The van der Waals surface area contributed by atoms with Gasteiger partial charge >= 0.3 is 6.01 Å². The molecular weight excluding hydrogens is 258 g/mol. The third-order valence-electron chi connectivity index (χ3n) is 3.48. The molecule has 2 rings (SSSR count). The monoisotopic (exact) mass is 281 g/mol. The van der Waals surface area contributed by atoms with Gasteiger partial charge in [0.05, 0.1) is 13.7 Å². The van der Waals surface area contributed by atoms with Crippen LogP contribution in [0.25, 0.3) is 0 Å². The first-order valence-corrected chi connectivity index (χ1v) is 7.20. The van der Waals surface area contributed by atoms with Crippen LogP contribution in [0.15, 0.2) is 0 Å². The van der Waals surface area contributed by atoms with Gasteiger partial charge in [-0.15, -0.1) is 0 Å². The van der Waals surface area contributed by atoms with Crippen LogP contribution in [0.4, 0.5) is 11.9 Å². The van der Waals surface area contributed by atoms with Gasteiger partial charge in [-0.05, 0) is 19.8 Å². The predicted molar refractivity (Wildman–Crippen MR) is 77.2 cm³/mol. The van der Waals surface area contributed by atoms with Gasteiger partial charge in [0.15, 0.2) is 0 Å². The number of hydrogen-bond donors (Lipinski definition) is 2. The van der Waals surface area contributed by atoms with Crippen molar-refractivity contribution in [2.75, 3.05) is 37.0 Å². The molecule has 20 heavy (non-hydrogen) atoms. The smallest absolute Gasteiger partial charge is 0.322 e. The van der Waals surface area contributed by atoms with Crippen molar-refractivity contribution in [2.24, 2.45) is 0 Å². The molecule has 112 valence electrons. The highest BCUT2D eigenvalue weighted by molar-refractivity contribution is 5.39. The van der Waals surface area contributed by atoms with Gasteiger partial charge in [-0.3, -0.25) is 0 Å². The van der Waals surface area contributed by atoms with E-state index in [0.717, 1.165) is 19.4 Å². The van der Waals surface area contributed by atoms with Gasteiger partial charge in [-0.2, -0.15) is 15.0 Å². The number of nitrogens with one attached hydrogen (secondary N) is 1. The summed E-state index contributed by atoms with van der Waals surface area (Å²) < 4.78 is 5.14. The van der Waals surface area contributed by atoms with E-state index in [1.54, 1.807) is 7.11 Å². The average molecular weight is 281 g/mol. The molecule has 0 saturated heterocycles. The van der Waals surface area contributed by atoms with Crippen LogP contribution < -0.4 is 15.0 Å². The number of aliphatic hydroxyl groups is 1. The molecule has 1 heterocycles. The maximum absolute atomic E-state index is 9.30. The summed E-state index contributed by atoms with van der Waals surface area (Å²) in [5, 5.41) is 12.4. The first kappa shape index (κ1) is 14.8. The van der Waals surface area contributed by atoms with Crippen LogP contribution in [0.5, 0.6) is 6.01 Å². The van der Waals surface area contributed by atoms with E-state index in [1.165, 1.54) is 12.8 Å². The molecular formula is C13H23N5O2. The molecule has 0 aliphatic heterocycles. The summed E-state index contributed by atoms with van der Waals surface area (Å²) in [6, 6.07) is 0.690. The zero-order valence-corrected chi connectivity index (χ0v) is 12.2. The van der Waals surface area contributed by atoms with Gasteiger partial charge in [0.25, 0.3) is 0 Å². The highest BCUT2D eigenvalue weighted by Crippen LogP contribution is 2.27. The number of hydrogen-bond acceptors (Lipinski definition) is 7. The second-order valence-corrected chi connectivity index (χ2v) is 4.83. The molecule has 2 N–H and O–H groups in total. The summed E-state index contributed by atoms with van der Waals surface area (Å²) in [5.74, 6) is 1.09. The first-order valence-electron chi connectivity index (χ1n) is 7.20. The molecule has 0 amide bonds. The number of rotatable bonds is 7. The Bertz CT molecular complexity index is 423. The highest BCUT2D eigenvalue weighted by atomic mass is 16.5. The maximum atomic E-state index is 9.30. The lowest BCUT2D eigenvalue weighted by Crippen LogP contribution is -2.37. The summed E-state index contributed by atoms with van der Waals surface area (Å²) in [6.45, 7) is 3.33. The van der Waals surface area contributed by atoms with Gasteiger partial charge in [-0.25, -0.2) is 0 Å². The third kappa shape index (κ3) is 3.47. The van der Waals surface area contributed by atoms with E-state index in [9.17, 15) is 5.11 Å². The summed E-state index contributed by atoms with van der Waals surface area (Å²) in [7, 11) is 1.54. The summed E-state index contributed by atoms with van der Waals surface area (Å²) in [4.78, 5) is 15.0. The number of aliphatic hydroxyl groups excluding tert-OH is 1. The van der Waals surface area contributed by atoms with Crippen molar-refractivity contribution in [1.29, 1.82) is 0 Å². The molecule has 7 heteroatoms. The topological polar surface area (TPSA) is 83.4 Å². The van der Waals surface area contributed by atoms with E-state index in [-0.39, 0.29) is 6.61 Å². The largest absolute Gasteiger partial charge is 0.467 e. The number of anilines is 2. The van der Waals surface area contributed by atoms with Gasteiger partial charge in [-0.1, -0.05) is 12.8 Å². The molecule has 0 radical (unpaired) electrons. The summed E-state index contributed by atoms with van der Waals surface area (Å²) in [5.41, 5.74) is 0. The van der Waals surface area contributed by atoms with Crippen LogP contribution >= 0.6 is 0 Å². The van der Waals surface area contributed by atoms with Crippen molar-refractivity contribution >= 4 is 11.9 Å². The molecule has 1 aromatic heterocycles. The first-order chi connectivity index (χ1) is 9.78.